The predicted molar refractivity (Wildman–Crippen MR) is 98.0 cm³/mol. The highest BCUT2D eigenvalue weighted by atomic mass is 19.4. The zero-order valence-corrected chi connectivity index (χ0v) is 15.6. The third kappa shape index (κ3) is 5.67. The summed E-state index contributed by atoms with van der Waals surface area (Å²) in [5.41, 5.74) is 0.532. The van der Waals surface area contributed by atoms with Gasteiger partial charge in [0.05, 0.1) is 5.56 Å². The van der Waals surface area contributed by atoms with Crippen LogP contribution >= 0.6 is 0 Å². The zero-order chi connectivity index (χ0) is 20.0. The molecule has 0 saturated heterocycles. The van der Waals surface area contributed by atoms with Crippen LogP contribution in [0.25, 0.3) is 0 Å². The molecule has 146 valence electrons. The summed E-state index contributed by atoms with van der Waals surface area (Å²) in [4.78, 5) is 22.9. The third-order valence-corrected chi connectivity index (χ3v) is 3.82. The van der Waals surface area contributed by atoms with E-state index in [1.165, 1.54) is 12.1 Å². The molecule has 1 aromatic carbocycles. The molecular formula is C19H23F3N4O. The fourth-order valence-corrected chi connectivity index (χ4v) is 2.62. The second kappa shape index (κ2) is 8.83. The quantitative estimate of drug-likeness (QED) is 0.749. The van der Waals surface area contributed by atoms with Gasteiger partial charge in [-0.05, 0) is 50.1 Å². The number of benzene rings is 1. The fraction of sp³-hybridized carbons (Fsp3) is 0.421. The van der Waals surface area contributed by atoms with Gasteiger partial charge in [-0.1, -0.05) is 13.8 Å². The van der Waals surface area contributed by atoms with E-state index in [1.807, 2.05) is 13.8 Å². The van der Waals surface area contributed by atoms with Crippen molar-refractivity contribution in [1.82, 2.24) is 14.9 Å². The molecule has 0 fully saturated rings. The normalized spacial score (nSPS) is 11.3. The highest BCUT2D eigenvalue weighted by Gasteiger charge is 2.30. The van der Waals surface area contributed by atoms with Gasteiger partial charge in [0, 0.05) is 24.5 Å². The van der Waals surface area contributed by atoms with Crippen LogP contribution in [-0.4, -0.2) is 33.9 Å². The minimum Gasteiger partial charge on any atom is -0.337 e. The van der Waals surface area contributed by atoms with Crippen molar-refractivity contribution in [2.24, 2.45) is 0 Å². The number of carbonyl (C=O) groups is 1. The Bertz CT molecular complexity index is 770. The first kappa shape index (κ1) is 20.7. The van der Waals surface area contributed by atoms with Gasteiger partial charge in [0.15, 0.2) is 0 Å². The van der Waals surface area contributed by atoms with Crippen LogP contribution in [0.15, 0.2) is 30.3 Å². The Kier molecular flexibility index (Phi) is 6.76. The molecular weight excluding hydrogens is 357 g/mol. The number of halogens is 3. The Hall–Kier alpha value is -2.64. The maximum absolute atomic E-state index is 12.7. The molecule has 8 heteroatoms. The average molecular weight is 380 g/mol. The van der Waals surface area contributed by atoms with E-state index >= 15 is 0 Å². The lowest BCUT2D eigenvalue weighted by molar-refractivity contribution is -0.137. The number of nitrogens with zero attached hydrogens (tertiary/aromatic N) is 3. The van der Waals surface area contributed by atoms with E-state index in [0.717, 1.165) is 25.0 Å². The van der Waals surface area contributed by atoms with Gasteiger partial charge in [0.2, 0.25) is 5.95 Å². The number of anilines is 2. The van der Waals surface area contributed by atoms with E-state index < -0.39 is 11.7 Å². The Morgan fingerprint density at radius 2 is 1.67 bits per heavy atom. The van der Waals surface area contributed by atoms with Crippen LogP contribution in [0.4, 0.5) is 24.8 Å². The zero-order valence-electron chi connectivity index (χ0n) is 15.6. The lowest BCUT2D eigenvalue weighted by Gasteiger charge is -2.21. The second-order valence-corrected chi connectivity index (χ2v) is 6.21. The molecule has 0 atom stereocenters. The molecule has 2 rings (SSSR count). The van der Waals surface area contributed by atoms with E-state index in [0.29, 0.717) is 24.5 Å². The van der Waals surface area contributed by atoms with Crippen LogP contribution in [0.1, 0.15) is 48.4 Å². The van der Waals surface area contributed by atoms with Gasteiger partial charge in [0.1, 0.15) is 5.69 Å². The molecule has 2 aromatic rings. The van der Waals surface area contributed by atoms with E-state index in [4.69, 9.17) is 0 Å². The van der Waals surface area contributed by atoms with Gasteiger partial charge in [-0.3, -0.25) is 4.79 Å². The monoisotopic (exact) mass is 380 g/mol. The lowest BCUT2D eigenvalue weighted by Crippen LogP contribution is -2.33. The van der Waals surface area contributed by atoms with Crippen molar-refractivity contribution in [3.8, 4) is 0 Å². The number of carbonyl (C=O) groups excluding carboxylic acids is 1. The smallest absolute Gasteiger partial charge is 0.337 e. The van der Waals surface area contributed by atoms with Crippen LogP contribution in [0.3, 0.4) is 0 Å². The summed E-state index contributed by atoms with van der Waals surface area (Å²) in [7, 11) is 0. The maximum Gasteiger partial charge on any atom is 0.416 e. The minimum absolute atomic E-state index is 0.172. The number of amides is 1. The molecule has 1 N–H and O–H groups in total. The molecule has 0 radical (unpaired) electrons. The molecule has 0 spiro atoms. The van der Waals surface area contributed by atoms with Crippen molar-refractivity contribution in [2.45, 2.75) is 39.8 Å². The SMILES string of the molecule is CCCN(CCC)C(=O)c1cc(C)nc(Nc2ccc(C(F)(F)F)cc2)n1. The molecule has 0 aliphatic heterocycles. The molecule has 0 saturated carbocycles. The Labute approximate surface area is 156 Å². The fourth-order valence-electron chi connectivity index (χ4n) is 2.62. The second-order valence-electron chi connectivity index (χ2n) is 6.21. The number of alkyl halides is 3. The summed E-state index contributed by atoms with van der Waals surface area (Å²) in [5.74, 6) is -0.00859. The van der Waals surface area contributed by atoms with Crippen LogP contribution < -0.4 is 5.32 Å². The van der Waals surface area contributed by atoms with Gasteiger partial charge in [-0.15, -0.1) is 0 Å². The molecule has 0 bridgehead atoms. The first-order chi connectivity index (χ1) is 12.7. The molecule has 0 aliphatic rings. The number of hydrogen-bond donors (Lipinski definition) is 1. The van der Waals surface area contributed by atoms with Crippen molar-refractivity contribution in [3.05, 3.63) is 47.3 Å². The van der Waals surface area contributed by atoms with Crippen molar-refractivity contribution < 1.29 is 18.0 Å². The topological polar surface area (TPSA) is 58.1 Å². The van der Waals surface area contributed by atoms with Gasteiger partial charge in [-0.2, -0.15) is 13.2 Å². The Morgan fingerprint density at radius 3 is 2.19 bits per heavy atom. The highest BCUT2D eigenvalue weighted by Crippen LogP contribution is 2.30. The standard InChI is InChI=1S/C19H23F3N4O/c1-4-10-26(11-5-2)17(27)16-12-13(3)23-18(25-16)24-15-8-6-14(7-9-15)19(20,21)22/h6-9,12H,4-5,10-11H2,1-3H3,(H,23,24,25). The summed E-state index contributed by atoms with van der Waals surface area (Å²) < 4.78 is 38.0. The largest absolute Gasteiger partial charge is 0.416 e. The van der Waals surface area contributed by atoms with Crippen LogP contribution in [0.2, 0.25) is 0 Å². The first-order valence-electron chi connectivity index (χ1n) is 8.83. The van der Waals surface area contributed by atoms with E-state index in [-0.39, 0.29) is 17.5 Å². The number of hydrogen-bond acceptors (Lipinski definition) is 4. The first-order valence-corrected chi connectivity index (χ1v) is 8.83. The summed E-state index contributed by atoms with van der Waals surface area (Å²) in [6, 6.07) is 6.17. The van der Waals surface area contributed by atoms with E-state index in [2.05, 4.69) is 15.3 Å². The lowest BCUT2D eigenvalue weighted by atomic mass is 10.2. The van der Waals surface area contributed by atoms with Gasteiger partial charge >= 0.3 is 6.18 Å². The number of aryl methyl sites for hydroxylation is 1. The Balaban J connectivity index is 2.22. The summed E-state index contributed by atoms with van der Waals surface area (Å²) in [6.07, 6.45) is -2.71. The predicted octanol–water partition coefficient (Wildman–Crippen LogP) is 4.81. The summed E-state index contributed by atoms with van der Waals surface area (Å²) in [5, 5.41) is 2.86. The minimum atomic E-state index is -4.39. The molecule has 5 nitrogen and oxygen atoms in total. The van der Waals surface area contributed by atoms with Crippen molar-refractivity contribution in [2.75, 3.05) is 18.4 Å². The molecule has 1 amide bonds. The number of nitrogens with one attached hydrogen (secondary N) is 1. The van der Waals surface area contributed by atoms with Crippen molar-refractivity contribution in [3.63, 3.8) is 0 Å². The van der Waals surface area contributed by atoms with E-state index in [9.17, 15) is 18.0 Å². The van der Waals surface area contributed by atoms with Crippen LogP contribution in [0, 0.1) is 6.92 Å². The van der Waals surface area contributed by atoms with Crippen LogP contribution in [0.5, 0.6) is 0 Å². The van der Waals surface area contributed by atoms with Crippen molar-refractivity contribution in [1.29, 1.82) is 0 Å². The summed E-state index contributed by atoms with van der Waals surface area (Å²) >= 11 is 0. The maximum atomic E-state index is 12.7. The van der Waals surface area contributed by atoms with E-state index in [1.54, 1.807) is 17.9 Å². The highest BCUT2D eigenvalue weighted by molar-refractivity contribution is 5.92. The van der Waals surface area contributed by atoms with Gasteiger partial charge in [-0.25, -0.2) is 9.97 Å². The van der Waals surface area contributed by atoms with Gasteiger partial charge < -0.3 is 10.2 Å². The number of aromatic nitrogens is 2. The third-order valence-electron chi connectivity index (χ3n) is 3.82. The van der Waals surface area contributed by atoms with Crippen LogP contribution in [-0.2, 0) is 6.18 Å². The average Bonchev–Trinajstić information content (AvgIpc) is 2.60. The molecule has 1 heterocycles. The molecule has 1 aromatic heterocycles. The van der Waals surface area contributed by atoms with Gasteiger partial charge in [0.25, 0.3) is 5.91 Å². The Morgan fingerprint density at radius 1 is 1.07 bits per heavy atom. The number of rotatable bonds is 7. The summed E-state index contributed by atoms with van der Waals surface area (Å²) in [6.45, 7) is 7.01. The molecule has 0 unspecified atom stereocenters. The van der Waals surface area contributed by atoms with Crippen molar-refractivity contribution >= 4 is 17.5 Å². The molecule has 27 heavy (non-hydrogen) atoms. The molecule has 0 aliphatic carbocycles.